The van der Waals surface area contributed by atoms with Crippen molar-refractivity contribution in [1.82, 2.24) is 9.55 Å². The largest absolute Gasteiger partial charge is 0.495 e. The van der Waals surface area contributed by atoms with E-state index in [1.54, 1.807) is 29.9 Å². The van der Waals surface area contributed by atoms with Gasteiger partial charge in [-0.05, 0) is 36.5 Å². The number of imidazole rings is 1. The van der Waals surface area contributed by atoms with Crippen molar-refractivity contribution in [2.75, 3.05) is 7.11 Å². The van der Waals surface area contributed by atoms with E-state index >= 15 is 0 Å². The topological polar surface area (TPSA) is 29.9 Å². The second-order valence-electron chi connectivity index (χ2n) is 4.37. The summed E-state index contributed by atoms with van der Waals surface area (Å²) < 4.78 is 21.0. The Morgan fingerprint density at radius 2 is 2.00 bits per heavy atom. The van der Waals surface area contributed by atoms with Crippen LogP contribution in [0.2, 0.25) is 10.0 Å². The summed E-state index contributed by atoms with van der Waals surface area (Å²) in [7, 11) is 1.55. The number of nitrogens with zero attached hydrogens (tertiary/aromatic N) is 1. The molecule has 0 unspecified atom stereocenters. The monoisotopic (exact) mass is 342 g/mol. The fourth-order valence-electron chi connectivity index (χ4n) is 2.18. The molecule has 3 rings (SSSR count). The van der Waals surface area contributed by atoms with E-state index in [1.807, 2.05) is 0 Å². The molecule has 0 aliphatic carbocycles. The maximum absolute atomic E-state index is 13.6. The Bertz CT molecular complexity index is 904. The van der Waals surface area contributed by atoms with Gasteiger partial charge in [0.1, 0.15) is 11.6 Å². The van der Waals surface area contributed by atoms with Crippen LogP contribution in [-0.4, -0.2) is 16.7 Å². The summed E-state index contributed by atoms with van der Waals surface area (Å²) in [5.41, 5.74) is 1.85. The summed E-state index contributed by atoms with van der Waals surface area (Å²) in [6.07, 6.45) is 0. The number of hydrogen-bond donors (Lipinski definition) is 1. The first-order valence-corrected chi connectivity index (χ1v) is 7.11. The predicted molar refractivity (Wildman–Crippen MR) is 85.0 cm³/mol. The average molecular weight is 343 g/mol. The normalized spacial score (nSPS) is 11.0. The summed E-state index contributed by atoms with van der Waals surface area (Å²) in [6, 6.07) is 8.00. The van der Waals surface area contributed by atoms with Crippen LogP contribution >= 0.6 is 35.4 Å². The van der Waals surface area contributed by atoms with Gasteiger partial charge in [-0.2, -0.15) is 0 Å². The van der Waals surface area contributed by atoms with Crippen LogP contribution in [0.1, 0.15) is 0 Å². The Morgan fingerprint density at radius 1 is 1.24 bits per heavy atom. The second kappa shape index (κ2) is 5.33. The van der Waals surface area contributed by atoms with Crippen LogP contribution in [0.3, 0.4) is 0 Å². The van der Waals surface area contributed by atoms with Gasteiger partial charge in [0.2, 0.25) is 0 Å². The summed E-state index contributed by atoms with van der Waals surface area (Å²) >= 11 is 17.2. The van der Waals surface area contributed by atoms with Crippen molar-refractivity contribution >= 4 is 46.5 Å². The van der Waals surface area contributed by atoms with Gasteiger partial charge in [0.25, 0.3) is 0 Å². The van der Waals surface area contributed by atoms with E-state index in [4.69, 9.17) is 40.2 Å². The van der Waals surface area contributed by atoms with Crippen molar-refractivity contribution in [2.24, 2.45) is 0 Å². The van der Waals surface area contributed by atoms with Gasteiger partial charge >= 0.3 is 0 Å². The minimum Gasteiger partial charge on any atom is -0.495 e. The fourth-order valence-corrected chi connectivity index (χ4v) is 2.81. The van der Waals surface area contributed by atoms with Crippen molar-refractivity contribution in [3.63, 3.8) is 0 Å². The highest BCUT2D eigenvalue weighted by atomic mass is 35.5. The zero-order valence-corrected chi connectivity index (χ0v) is 13.1. The maximum Gasteiger partial charge on any atom is 0.182 e. The summed E-state index contributed by atoms with van der Waals surface area (Å²) in [6.45, 7) is 0. The highest BCUT2D eigenvalue weighted by Gasteiger charge is 2.14. The van der Waals surface area contributed by atoms with E-state index in [-0.39, 0.29) is 5.02 Å². The van der Waals surface area contributed by atoms with Gasteiger partial charge in [0.05, 0.1) is 28.9 Å². The molecule has 21 heavy (non-hydrogen) atoms. The fraction of sp³-hybridized carbons (Fsp3) is 0.0714. The maximum atomic E-state index is 13.6. The van der Waals surface area contributed by atoms with E-state index in [0.717, 1.165) is 0 Å². The molecule has 108 valence electrons. The van der Waals surface area contributed by atoms with E-state index < -0.39 is 5.82 Å². The number of H-pyrrole nitrogens is 1. The summed E-state index contributed by atoms with van der Waals surface area (Å²) in [5.74, 6) is 0.0856. The van der Waals surface area contributed by atoms with Crippen LogP contribution in [0.5, 0.6) is 5.75 Å². The Labute approximate surface area is 134 Å². The Morgan fingerprint density at radius 3 is 2.71 bits per heavy atom. The number of methoxy groups -OCH3 is 1. The number of rotatable bonds is 2. The first-order chi connectivity index (χ1) is 10.0. The number of benzene rings is 2. The lowest BCUT2D eigenvalue weighted by molar-refractivity contribution is 0.413. The van der Waals surface area contributed by atoms with E-state index in [0.29, 0.717) is 32.3 Å². The molecule has 0 atom stereocenters. The number of aromatic nitrogens is 2. The van der Waals surface area contributed by atoms with Gasteiger partial charge in [0.15, 0.2) is 4.77 Å². The summed E-state index contributed by atoms with van der Waals surface area (Å²) in [4.78, 5) is 2.94. The van der Waals surface area contributed by atoms with Crippen LogP contribution in [0.4, 0.5) is 4.39 Å². The first kappa shape index (κ1) is 14.4. The molecule has 0 aliphatic heterocycles. The molecule has 1 aromatic heterocycles. The van der Waals surface area contributed by atoms with Crippen LogP contribution in [0.15, 0.2) is 30.3 Å². The molecule has 0 bridgehead atoms. The van der Waals surface area contributed by atoms with Crippen molar-refractivity contribution < 1.29 is 9.13 Å². The minimum absolute atomic E-state index is 0.0197. The second-order valence-corrected chi connectivity index (χ2v) is 5.60. The molecule has 1 heterocycles. The third kappa shape index (κ3) is 2.41. The third-order valence-corrected chi connectivity index (χ3v) is 3.92. The molecule has 0 fully saturated rings. The number of halogens is 3. The SMILES string of the molecule is COc1ccc(Cl)cc1-n1c(=S)[nH]c2cc(F)c(Cl)cc21. The van der Waals surface area contributed by atoms with Crippen LogP contribution < -0.4 is 4.74 Å². The van der Waals surface area contributed by atoms with Gasteiger partial charge in [-0.15, -0.1) is 0 Å². The zero-order valence-electron chi connectivity index (χ0n) is 10.8. The molecule has 7 heteroatoms. The molecule has 0 aliphatic rings. The summed E-state index contributed by atoms with van der Waals surface area (Å²) in [5, 5.41) is 0.557. The lowest BCUT2D eigenvalue weighted by Crippen LogP contribution is -1.98. The highest BCUT2D eigenvalue weighted by molar-refractivity contribution is 7.71. The molecule has 0 spiro atoms. The molecular weight excluding hydrogens is 334 g/mol. The Hall–Kier alpha value is -1.56. The molecule has 0 saturated carbocycles. The van der Waals surface area contributed by atoms with Crippen molar-refractivity contribution in [2.45, 2.75) is 0 Å². The number of ether oxygens (including phenoxy) is 1. The number of hydrogen-bond acceptors (Lipinski definition) is 2. The van der Waals surface area contributed by atoms with Crippen molar-refractivity contribution in [3.05, 3.63) is 51.0 Å². The van der Waals surface area contributed by atoms with Crippen molar-refractivity contribution in [1.29, 1.82) is 0 Å². The molecule has 1 N–H and O–H groups in total. The third-order valence-electron chi connectivity index (χ3n) is 3.11. The van der Waals surface area contributed by atoms with E-state index in [9.17, 15) is 4.39 Å². The molecule has 2 aromatic carbocycles. The first-order valence-electron chi connectivity index (χ1n) is 5.95. The smallest absolute Gasteiger partial charge is 0.182 e. The molecule has 3 nitrogen and oxygen atoms in total. The number of nitrogens with one attached hydrogen (secondary N) is 1. The Kier molecular flexibility index (Phi) is 3.65. The molecule has 0 saturated heterocycles. The van der Waals surface area contributed by atoms with Gasteiger partial charge in [-0.25, -0.2) is 4.39 Å². The number of aromatic amines is 1. The minimum atomic E-state index is -0.509. The molecular formula is C14H9Cl2FN2OS. The average Bonchev–Trinajstić information content (AvgIpc) is 2.74. The van der Waals surface area contributed by atoms with E-state index in [1.165, 1.54) is 12.1 Å². The molecule has 3 aromatic rings. The van der Waals surface area contributed by atoms with Gasteiger partial charge < -0.3 is 9.72 Å². The Balaban J connectivity index is 2.40. The van der Waals surface area contributed by atoms with Gasteiger partial charge in [-0.1, -0.05) is 23.2 Å². The van der Waals surface area contributed by atoms with Crippen LogP contribution in [-0.2, 0) is 0 Å². The quantitative estimate of drug-likeness (QED) is 0.653. The lowest BCUT2D eigenvalue weighted by Gasteiger charge is -2.11. The molecule has 0 amide bonds. The molecule has 0 radical (unpaired) electrons. The van der Waals surface area contributed by atoms with Crippen LogP contribution in [0.25, 0.3) is 16.7 Å². The predicted octanol–water partition coefficient (Wildman–Crippen LogP) is 5.14. The lowest BCUT2D eigenvalue weighted by atomic mass is 10.2. The van der Waals surface area contributed by atoms with Crippen LogP contribution in [0, 0.1) is 10.6 Å². The van der Waals surface area contributed by atoms with E-state index in [2.05, 4.69) is 4.98 Å². The number of fused-ring (bicyclic) bond motifs is 1. The zero-order chi connectivity index (χ0) is 15.1. The van der Waals surface area contributed by atoms with Gasteiger partial charge in [-0.3, -0.25) is 4.57 Å². The standard InChI is InChI=1S/C14H9Cl2FN2OS/c1-20-13-3-2-7(15)4-12(13)19-11-5-8(16)9(17)6-10(11)18-14(19)21/h2-6H,1H3,(H,18,21). The highest BCUT2D eigenvalue weighted by Crippen LogP contribution is 2.31. The van der Waals surface area contributed by atoms with Gasteiger partial charge in [0, 0.05) is 11.1 Å². The van der Waals surface area contributed by atoms with Crippen molar-refractivity contribution in [3.8, 4) is 11.4 Å².